The van der Waals surface area contributed by atoms with Gasteiger partial charge in [0.25, 0.3) is 5.56 Å². The molecule has 5 heteroatoms. The molecule has 0 saturated heterocycles. The summed E-state index contributed by atoms with van der Waals surface area (Å²) >= 11 is 0. The number of hydrogen-bond acceptors (Lipinski definition) is 4. The topological polar surface area (TPSA) is 66.5 Å². The summed E-state index contributed by atoms with van der Waals surface area (Å²) in [5.41, 5.74) is 12.6. The Labute approximate surface area is 255 Å². The number of anilines is 1. The van der Waals surface area contributed by atoms with E-state index in [2.05, 4.69) is 72.8 Å². The number of fused-ring (bicyclic) bond motifs is 1. The van der Waals surface area contributed by atoms with Crippen molar-refractivity contribution >= 4 is 16.6 Å². The largest absolute Gasteiger partial charge is 0.485 e. The summed E-state index contributed by atoms with van der Waals surface area (Å²) in [6.07, 6.45) is 19.5. The highest BCUT2D eigenvalue weighted by atomic mass is 16.5. The number of nitrogens with zero attached hydrogens (tertiary/aromatic N) is 1. The Morgan fingerprint density at radius 1 is 0.762 bits per heavy atom. The number of benzene rings is 1. The lowest BCUT2D eigenvalue weighted by Crippen LogP contribution is -2.24. The van der Waals surface area contributed by atoms with Gasteiger partial charge in [-0.15, -0.1) is 0 Å². The SMILES string of the molecule is CCCCCCCCn1c(=O)c(OCC=C(C)CCC=C(C)C)c(OCC=C(C)CCC=C(C)C)c2ccc(N)cc21. The van der Waals surface area contributed by atoms with Gasteiger partial charge in [-0.2, -0.15) is 0 Å². The Balaban J connectivity index is 2.39. The third kappa shape index (κ3) is 12.3. The van der Waals surface area contributed by atoms with Crippen molar-refractivity contribution < 1.29 is 9.47 Å². The van der Waals surface area contributed by atoms with Gasteiger partial charge >= 0.3 is 0 Å². The molecule has 0 atom stereocenters. The molecule has 0 bridgehead atoms. The Bertz CT molecular complexity index is 1300. The maximum Gasteiger partial charge on any atom is 0.297 e. The average molecular weight is 577 g/mol. The second-order valence-electron chi connectivity index (χ2n) is 12.0. The molecule has 0 radical (unpaired) electrons. The van der Waals surface area contributed by atoms with Crippen molar-refractivity contribution in [3.63, 3.8) is 0 Å². The first kappa shape index (κ1) is 35.0. The molecule has 0 aliphatic heterocycles. The van der Waals surface area contributed by atoms with E-state index >= 15 is 0 Å². The molecule has 0 unspecified atom stereocenters. The molecule has 232 valence electrons. The first-order chi connectivity index (χ1) is 20.1. The minimum atomic E-state index is -0.156. The van der Waals surface area contributed by atoms with Crippen LogP contribution in [-0.4, -0.2) is 17.8 Å². The van der Waals surface area contributed by atoms with Gasteiger partial charge in [-0.3, -0.25) is 4.79 Å². The molecule has 0 fully saturated rings. The number of aromatic nitrogens is 1. The molecule has 5 nitrogen and oxygen atoms in total. The standard InChI is InChI=1S/C37H56N2O3/c1-8-9-10-11-12-13-24-39-34-27-32(38)20-21-33(34)35(41-25-22-30(6)18-14-16-28(2)3)36(37(39)40)42-26-23-31(7)19-15-17-29(4)5/h16-17,20-23,27H,8-15,18-19,24-26,38H2,1-7H3. The molecule has 2 N–H and O–H groups in total. The summed E-state index contributed by atoms with van der Waals surface area (Å²) in [5, 5.41) is 0.852. The van der Waals surface area contributed by atoms with Gasteiger partial charge in [-0.05, 0) is 104 Å². The summed E-state index contributed by atoms with van der Waals surface area (Å²) < 4.78 is 14.4. The number of nitrogens with two attached hydrogens (primary N) is 1. The predicted octanol–water partition coefficient (Wildman–Crippen LogP) is 10.1. The van der Waals surface area contributed by atoms with Crippen LogP contribution in [0.5, 0.6) is 11.5 Å². The van der Waals surface area contributed by atoms with Crippen LogP contribution in [0.1, 0.15) is 113 Å². The van der Waals surface area contributed by atoms with Crippen molar-refractivity contribution in [2.75, 3.05) is 18.9 Å². The third-order valence-corrected chi connectivity index (χ3v) is 7.44. The van der Waals surface area contributed by atoms with E-state index in [0.717, 1.165) is 49.4 Å². The van der Waals surface area contributed by atoms with Crippen LogP contribution in [0.2, 0.25) is 0 Å². The molecule has 0 aliphatic rings. The predicted molar refractivity (Wildman–Crippen MR) is 182 cm³/mol. The van der Waals surface area contributed by atoms with Crippen molar-refractivity contribution in [1.29, 1.82) is 0 Å². The fourth-order valence-electron chi connectivity index (χ4n) is 4.87. The molecule has 0 amide bonds. The van der Waals surface area contributed by atoms with E-state index in [4.69, 9.17) is 15.2 Å². The summed E-state index contributed by atoms with van der Waals surface area (Å²) in [6, 6.07) is 5.71. The van der Waals surface area contributed by atoms with Crippen molar-refractivity contribution in [2.24, 2.45) is 0 Å². The second-order valence-corrected chi connectivity index (χ2v) is 12.0. The molecule has 1 aromatic heterocycles. The van der Waals surface area contributed by atoms with Crippen LogP contribution in [0.3, 0.4) is 0 Å². The monoisotopic (exact) mass is 576 g/mol. The molecular weight excluding hydrogens is 520 g/mol. The van der Waals surface area contributed by atoms with Crippen LogP contribution in [0.4, 0.5) is 5.69 Å². The fraction of sp³-hybridized carbons (Fsp3) is 0.541. The first-order valence-electron chi connectivity index (χ1n) is 15.9. The normalized spacial score (nSPS) is 12.0. The molecule has 1 aromatic carbocycles. The highest BCUT2D eigenvalue weighted by Crippen LogP contribution is 2.34. The quantitative estimate of drug-likeness (QED) is 0.103. The van der Waals surface area contributed by atoms with Crippen molar-refractivity contribution in [1.82, 2.24) is 4.57 Å². The van der Waals surface area contributed by atoms with Gasteiger partial charge in [-0.25, -0.2) is 0 Å². The number of rotatable bonds is 19. The smallest absolute Gasteiger partial charge is 0.297 e. The van der Waals surface area contributed by atoms with E-state index in [-0.39, 0.29) is 11.3 Å². The van der Waals surface area contributed by atoms with E-state index in [1.54, 1.807) is 0 Å². The average Bonchev–Trinajstić information content (AvgIpc) is 2.92. The Kier molecular flexibility index (Phi) is 15.9. The zero-order valence-electron chi connectivity index (χ0n) is 27.5. The highest BCUT2D eigenvalue weighted by molar-refractivity contribution is 5.90. The first-order valence-corrected chi connectivity index (χ1v) is 15.9. The number of nitrogen functional groups attached to an aromatic ring is 1. The number of pyridine rings is 1. The molecule has 0 aliphatic carbocycles. The number of hydrogen-bond donors (Lipinski definition) is 1. The van der Waals surface area contributed by atoms with Crippen LogP contribution in [0, 0.1) is 0 Å². The Morgan fingerprint density at radius 3 is 1.88 bits per heavy atom. The molecular formula is C37H56N2O3. The van der Waals surface area contributed by atoms with Crippen LogP contribution >= 0.6 is 0 Å². The van der Waals surface area contributed by atoms with Gasteiger partial charge in [0.05, 0.1) is 5.52 Å². The minimum absolute atomic E-state index is 0.156. The summed E-state index contributed by atoms with van der Waals surface area (Å²) in [6.45, 7) is 16.3. The number of unbranched alkanes of at least 4 members (excludes halogenated alkanes) is 5. The fourth-order valence-corrected chi connectivity index (χ4v) is 4.87. The maximum atomic E-state index is 14.0. The second kappa shape index (κ2) is 19.1. The lowest BCUT2D eigenvalue weighted by Gasteiger charge is -2.18. The van der Waals surface area contributed by atoms with E-state index in [9.17, 15) is 4.79 Å². The molecule has 0 saturated carbocycles. The van der Waals surface area contributed by atoms with E-state index < -0.39 is 0 Å². The third-order valence-electron chi connectivity index (χ3n) is 7.44. The van der Waals surface area contributed by atoms with Crippen molar-refractivity contribution in [3.8, 4) is 11.5 Å². The molecule has 2 rings (SSSR count). The van der Waals surface area contributed by atoms with Gasteiger partial charge in [0.15, 0.2) is 5.75 Å². The Hall–Kier alpha value is -3.21. The summed E-state index contributed by atoms with van der Waals surface area (Å²) in [4.78, 5) is 14.0. The van der Waals surface area contributed by atoms with Gasteiger partial charge in [-0.1, -0.05) is 73.5 Å². The molecule has 42 heavy (non-hydrogen) atoms. The van der Waals surface area contributed by atoms with Gasteiger partial charge in [0.2, 0.25) is 5.75 Å². The zero-order chi connectivity index (χ0) is 30.9. The van der Waals surface area contributed by atoms with Gasteiger partial charge < -0.3 is 19.8 Å². The van der Waals surface area contributed by atoms with E-state index in [1.807, 2.05) is 22.8 Å². The van der Waals surface area contributed by atoms with Crippen LogP contribution < -0.4 is 20.8 Å². The minimum Gasteiger partial charge on any atom is -0.485 e. The maximum absolute atomic E-state index is 14.0. The van der Waals surface area contributed by atoms with E-state index in [1.165, 1.54) is 48.0 Å². The summed E-state index contributed by atoms with van der Waals surface area (Å²) in [7, 11) is 0. The lowest BCUT2D eigenvalue weighted by atomic mass is 10.1. The van der Waals surface area contributed by atoms with Crippen molar-refractivity contribution in [3.05, 3.63) is 75.1 Å². The van der Waals surface area contributed by atoms with Crippen molar-refractivity contribution in [2.45, 2.75) is 119 Å². The molecule has 1 heterocycles. The van der Waals surface area contributed by atoms with Gasteiger partial charge in [0, 0.05) is 17.6 Å². The van der Waals surface area contributed by atoms with Gasteiger partial charge in [0.1, 0.15) is 13.2 Å². The lowest BCUT2D eigenvalue weighted by molar-refractivity contribution is 0.303. The number of aryl methyl sites for hydroxylation is 1. The zero-order valence-corrected chi connectivity index (χ0v) is 27.5. The highest BCUT2D eigenvalue weighted by Gasteiger charge is 2.20. The molecule has 0 spiro atoms. The van der Waals surface area contributed by atoms with Crippen LogP contribution in [0.15, 0.2) is 69.6 Å². The van der Waals surface area contributed by atoms with E-state index in [0.29, 0.717) is 31.2 Å². The summed E-state index contributed by atoms with van der Waals surface area (Å²) in [5.74, 6) is 0.778. The number of ether oxygens (including phenoxy) is 2. The molecule has 2 aromatic rings. The van der Waals surface area contributed by atoms with Crippen LogP contribution in [-0.2, 0) is 6.54 Å². The van der Waals surface area contributed by atoms with Crippen LogP contribution in [0.25, 0.3) is 10.9 Å². The Morgan fingerprint density at radius 2 is 1.31 bits per heavy atom. The number of allylic oxidation sites excluding steroid dienone is 6.